The molecule has 0 N–H and O–H groups in total. The predicted octanol–water partition coefficient (Wildman–Crippen LogP) is 3.82. The number of amides is 1. The van der Waals surface area contributed by atoms with Gasteiger partial charge in [-0.3, -0.25) is 0 Å². The highest BCUT2D eigenvalue weighted by Crippen LogP contribution is 2.34. The highest BCUT2D eigenvalue weighted by Gasteiger charge is 2.27. The minimum atomic E-state index is -0.458. The van der Waals surface area contributed by atoms with E-state index in [1.165, 1.54) is 0 Å². The molecule has 1 aliphatic heterocycles. The smallest absolute Gasteiger partial charge is 0.410 e. The Hall–Kier alpha value is -1.43. The first kappa shape index (κ1) is 17.9. The van der Waals surface area contributed by atoms with Gasteiger partial charge in [-0.1, -0.05) is 15.9 Å². The summed E-state index contributed by atoms with van der Waals surface area (Å²) in [6.45, 7) is 10.5. The van der Waals surface area contributed by atoms with Crippen molar-refractivity contribution in [1.82, 2.24) is 4.90 Å². The Morgan fingerprint density at radius 1 is 1.17 bits per heavy atom. The number of aryl methyl sites for hydroxylation is 1. The normalized spacial score (nSPS) is 15.6. The van der Waals surface area contributed by atoms with Crippen molar-refractivity contribution in [2.24, 2.45) is 0 Å². The summed E-state index contributed by atoms with van der Waals surface area (Å²) in [7, 11) is 1.68. The lowest BCUT2D eigenvalue weighted by atomic mass is 10.1. The Bertz CT molecular complexity index is 576. The fraction of sp³-hybridized carbons (Fsp3) is 0.588. The van der Waals surface area contributed by atoms with E-state index in [9.17, 15) is 4.79 Å². The van der Waals surface area contributed by atoms with E-state index in [4.69, 9.17) is 9.47 Å². The maximum atomic E-state index is 12.1. The standard InChI is InChI=1S/C17H25BrN2O3/c1-12-10-14(15(22-5)11-13(12)18)19-6-8-20(9-7-19)16(21)23-17(2,3)4/h10-11H,6-9H2,1-5H3. The van der Waals surface area contributed by atoms with Gasteiger partial charge in [0.25, 0.3) is 0 Å². The van der Waals surface area contributed by atoms with Crippen molar-refractivity contribution >= 4 is 27.7 Å². The van der Waals surface area contributed by atoms with Crippen LogP contribution in [-0.2, 0) is 4.74 Å². The zero-order valence-electron chi connectivity index (χ0n) is 14.5. The highest BCUT2D eigenvalue weighted by molar-refractivity contribution is 9.10. The largest absolute Gasteiger partial charge is 0.495 e. The maximum Gasteiger partial charge on any atom is 0.410 e. The molecule has 6 heteroatoms. The topological polar surface area (TPSA) is 42.0 Å². The summed E-state index contributed by atoms with van der Waals surface area (Å²) < 4.78 is 12.0. The number of benzene rings is 1. The molecule has 1 amide bonds. The van der Waals surface area contributed by atoms with Crippen molar-refractivity contribution in [3.63, 3.8) is 0 Å². The summed E-state index contributed by atoms with van der Waals surface area (Å²) in [5.74, 6) is 0.841. The van der Waals surface area contributed by atoms with Crippen LogP contribution in [-0.4, -0.2) is 49.9 Å². The first-order valence-electron chi connectivity index (χ1n) is 7.78. The molecule has 128 valence electrons. The molecule has 1 aromatic rings. The number of hydrogen-bond donors (Lipinski definition) is 0. The van der Waals surface area contributed by atoms with Crippen LogP contribution in [0.5, 0.6) is 5.75 Å². The summed E-state index contributed by atoms with van der Waals surface area (Å²) in [5.41, 5.74) is 1.77. The quantitative estimate of drug-likeness (QED) is 0.776. The van der Waals surface area contributed by atoms with E-state index >= 15 is 0 Å². The Kier molecular flexibility index (Phi) is 5.45. The summed E-state index contributed by atoms with van der Waals surface area (Å²) >= 11 is 3.53. The third-order valence-electron chi connectivity index (χ3n) is 3.73. The second kappa shape index (κ2) is 6.99. The molecule has 0 bridgehead atoms. The van der Waals surface area contributed by atoms with Crippen LogP contribution >= 0.6 is 15.9 Å². The zero-order chi connectivity index (χ0) is 17.2. The van der Waals surface area contributed by atoms with Gasteiger partial charge in [0.15, 0.2) is 0 Å². The van der Waals surface area contributed by atoms with Gasteiger partial charge in [-0.15, -0.1) is 0 Å². The van der Waals surface area contributed by atoms with Gasteiger partial charge in [0.2, 0.25) is 0 Å². The van der Waals surface area contributed by atoms with Crippen LogP contribution in [0, 0.1) is 6.92 Å². The minimum Gasteiger partial charge on any atom is -0.495 e. The molecule has 0 unspecified atom stereocenters. The molecule has 1 aliphatic rings. The molecule has 0 radical (unpaired) electrons. The van der Waals surface area contributed by atoms with Crippen LogP contribution in [0.25, 0.3) is 0 Å². The molecule has 2 rings (SSSR count). The van der Waals surface area contributed by atoms with Gasteiger partial charge in [0.1, 0.15) is 11.4 Å². The fourth-order valence-corrected chi connectivity index (χ4v) is 2.84. The van der Waals surface area contributed by atoms with Gasteiger partial charge in [-0.05, 0) is 45.4 Å². The molecule has 0 aromatic heterocycles. The van der Waals surface area contributed by atoms with Crippen LogP contribution in [0.3, 0.4) is 0 Å². The lowest BCUT2D eigenvalue weighted by Gasteiger charge is -2.37. The average Bonchev–Trinajstić information content (AvgIpc) is 2.48. The van der Waals surface area contributed by atoms with E-state index in [-0.39, 0.29) is 6.09 Å². The third kappa shape index (κ3) is 4.53. The lowest BCUT2D eigenvalue weighted by molar-refractivity contribution is 0.0240. The van der Waals surface area contributed by atoms with Crippen molar-refractivity contribution in [2.75, 3.05) is 38.2 Å². The molecule has 0 aliphatic carbocycles. The number of rotatable bonds is 2. The molecule has 0 saturated carbocycles. The summed E-state index contributed by atoms with van der Waals surface area (Å²) in [6, 6.07) is 4.11. The molecule has 0 spiro atoms. The first-order chi connectivity index (χ1) is 10.7. The molecule has 5 nitrogen and oxygen atoms in total. The Balaban J connectivity index is 2.05. The van der Waals surface area contributed by atoms with Gasteiger partial charge >= 0.3 is 6.09 Å². The van der Waals surface area contributed by atoms with Crippen molar-refractivity contribution in [2.45, 2.75) is 33.3 Å². The van der Waals surface area contributed by atoms with Gasteiger partial charge in [0, 0.05) is 30.7 Å². The molecule has 0 atom stereocenters. The number of ether oxygens (including phenoxy) is 2. The first-order valence-corrected chi connectivity index (χ1v) is 8.57. The van der Waals surface area contributed by atoms with Crippen molar-refractivity contribution in [3.8, 4) is 5.75 Å². The van der Waals surface area contributed by atoms with Gasteiger partial charge < -0.3 is 19.3 Å². The van der Waals surface area contributed by atoms with Crippen LogP contribution < -0.4 is 9.64 Å². The zero-order valence-corrected chi connectivity index (χ0v) is 16.1. The van der Waals surface area contributed by atoms with E-state index in [1.54, 1.807) is 12.0 Å². The number of piperazine rings is 1. The summed E-state index contributed by atoms with van der Waals surface area (Å²) in [4.78, 5) is 16.1. The lowest BCUT2D eigenvalue weighted by Crippen LogP contribution is -2.50. The van der Waals surface area contributed by atoms with Crippen molar-refractivity contribution in [3.05, 3.63) is 22.2 Å². The molecule has 23 heavy (non-hydrogen) atoms. The van der Waals surface area contributed by atoms with Crippen molar-refractivity contribution in [1.29, 1.82) is 0 Å². The van der Waals surface area contributed by atoms with E-state index in [2.05, 4.69) is 33.8 Å². The van der Waals surface area contributed by atoms with Crippen LogP contribution in [0.4, 0.5) is 10.5 Å². The number of hydrogen-bond acceptors (Lipinski definition) is 4. The number of nitrogens with zero attached hydrogens (tertiary/aromatic N) is 2. The highest BCUT2D eigenvalue weighted by atomic mass is 79.9. The van der Waals surface area contributed by atoms with Crippen molar-refractivity contribution < 1.29 is 14.3 Å². The second-order valence-corrected chi connectivity index (χ2v) is 7.58. The second-order valence-electron chi connectivity index (χ2n) is 6.73. The predicted molar refractivity (Wildman–Crippen MR) is 95.5 cm³/mol. The molecular weight excluding hydrogens is 360 g/mol. The van der Waals surface area contributed by atoms with Gasteiger partial charge in [0.05, 0.1) is 12.8 Å². The third-order valence-corrected chi connectivity index (χ3v) is 4.59. The van der Waals surface area contributed by atoms with E-state index in [0.717, 1.165) is 34.6 Å². The number of carbonyl (C=O) groups excluding carboxylic acids is 1. The van der Waals surface area contributed by atoms with Crippen LogP contribution in [0.15, 0.2) is 16.6 Å². The summed E-state index contributed by atoms with van der Waals surface area (Å²) in [5, 5.41) is 0. The molecule has 1 aromatic carbocycles. The molecule has 1 heterocycles. The monoisotopic (exact) mass is 384 g/mol. The summed E-state index contributed by atoms with van der Waals surface area (Å²) in [6.07, 6.45) is -0.240. The number of halogens is 1. The number of carbonyl (C=O) groups is 1. The minimum absolute atomic E-state index is 0.240. The molecule has 1 saturated heterocycles. The maximum absolute atomic E-state index is 12.1. The molecule has 1 fully saturated rings. The Labute approximate surface area is 146 Å². The Morgan fingerprint density at radius 2 is 1.78 bits per heavy atom. The van der Waals surface area contributed by atoms with E-state index in [0.29, 0.717) is 13.1 Å². The van der Waals surface area contributed by atoms with Gasteiger partial charge in [-0.25, -0.2) is 4.79 Å². The Morgan fingerprint density at radius 3 is 2.30 bits per heavy atom. The molecular formula is C17H25BrN2O3. The number of methoxy groups -OCH3 is 1. The van der Waals surface area contributed by atoms with Crippen LogP contribution in [0.2, 0.25) is 0 Å². The van der Waals surface area contributed by atoms with E-state index in [1.807, 2.05) is 26.8 Å². The fourth-order valence-electron chi connectivity index (χ4n) is 2.52. The van der Waals surface area contributed by atoms with Crippen LogP contribution in [0.1, 0.15) is 26.3 Å². The average molecular weight is 385 g/mol. The van der Waals surface area contributed by atoms with E-state index < -0.39 is 5.60 Å². The van der Waals surface area contributed by atoms with Gasteiger partial charge in [-0.2, -0.15) is 0 Å². The SMILES string of the molecule is COc1cc(Br)c(C)cc1N1CCN(C(=O)OC(C)(C)C)CC1. The number of anilines is 1.